The molecule has 0 aromatic carbocycles. The Morgan fingerprint density at radius 1 is 1.26 bits per heavy atom. The number of alkyl halides is 1. The van der Waals surface area contributed by atoms with E-state index in [1.807, 2.05) is 37.6 Å². The first-order chi connectivity index (χ1) is 9.20. The van der Waals surface area contributed by atoms with E-state index < -0.39 is 0 Å². The molecule has 0 aliphatic carbocycles. The molecule has 0 aliphatic rings. The van der Waals surface area contributed by atoms with Crippen LogP contribution in [0.1, 0.15) is 16.8 Å². The van der Waals surface area contributed by atoms with Gasteiger partial charge in [-0.2, -0.15) is 0 Å². The van der Waals surface area contributed by atoms with Crippen LogP contribution in [-0.4, -0.2) is 23.6 Å². The molecule has 2 aromatic heterocycles. The van der Waals surface area contributed by atoms with Gasteiger partial charge in [-0.3, -0.25) is 9.97 Å². The Labute approximate surface area is 119 Å². The molecular weight excluding hydrogens is 258 g/mol. The number of anilines is 1. The number of aromatic nitrogens is 2. The Bertz CT molecular complexity index is 528. The Hall–Kier alpha value is -1.61. The molecular formula is C15H18ClN3. The third-order valence-electron chi connectivity index (χ3n) is 3.14. The summed E-state index contributed by atoms with van der Waals surface area (Å²) < 4.78 is 0. The van der Waals surface area contributed by atoms with Gasteiger partial charge < -0.3 is 4.90 Å². The van der Waals surface area contributed by atoms with Crippen molar-refractivity contribution < 1.29 is 0 Å². The van der Waals surface area contributed by atoms with Gasteiger partial charge in [0.25, 0.3) is 0 Å². The summed E-state index contributed by atoms with van der Waals surface area (Å²) in [4.78, 5) is 10.6. The molecule has 0 spiro atoms. The summed E-state index contributed by atoms with van der Waals surface area (Å²) in [5, 5.41) is 0. The van der Waals surface area contributed by atoms with Gasteiger partial charge in [-0.1, -0.05) is 0 Å². The highest BCUT2D eigenvalue weighted by molar-refractivity contribution is 6.17. The van der Waals surface area contributed by atoms with Crippen molar-refractivity contribution in [3.63, 3.8) is 0 Å². The third-order valence-corrected chi connectivity index (χ3v) is 3.43. The Morgan fingerprint density at radius 3 is 2.68 bits per heavy atom. The molecule has 0 saturated carbocycles. The maximum Gasteiger partial charge on any atom is 0.0509 e. The van der Waals surface area contributed by atoms with E-state index in [0.717, 1.165) is 29.9 Å². The van der Waals surface area contributed by atoms with Gasteiger partial charge >= 0.3 is 0 Å². The Balaban J connectivity index is 2.07. The zero-order valence-corrected chi connectivity index (χ0v) is 12.1. The first kappa shape index (κ1) is 13.8. The highest BCUT2D eigenvalue weighted by atomic mass is 35.5. The van der Waals surface area contributed by atoms with Crippen LogP contribution >= 0.6 is 11.6 Å². The monoisotopic (exact) mass is 275 g/mol. The van der Waals surface area contributed by atoms with Crippen LogP contribution in [0.15, 0.2) is 36.8 Å². The van der Waals surface area contributed by atoms with Crippen molar-refractivity contribution in [2.75, 3.05) is 18.5 Å². The van der Waals surface area contributed by atoms with Gasteiger partial charge in [0.2, 0.25) is 0 Å². The number of pyridine rings is 2. The minimum absolute atomic E-state index is 0.488. The Kier molecular flexibility index (Phi) is 4.74. The summed E-state index contributed by atoms with van der Waals surface area (Å²) >= 11 is 5.97. The number of nitrogens with zero attached hydrogens (tertiary/aromatic N) is 3. The van der Waals surface area contributed by atoms with Gasteiger partial charge in [0, 0.05) is 49.1 Å². The fourth-order valence-corrected chi connectivity index (χ4v) is 2.20. The zero-order chi connectivity index (χ0) is 13.7. The molecule has 2 rings (SSSR count). The lowest BCUT2D eigenvalue weighted by Gasteiger charge is -2.22. The molecule has 100 valence electrons. The lowest BCUT2D eigenvalue weighted by molar-refractivity contribution is 0.866. The van der Waals surface area contributed by atoms with Crippen LogP contribution in [0, 0.1) is 6.92 Å². The lowest BCUT2D eigenvalue weighted by Crippen LogP contribution is -2.21. The Morgan fingerprint density at radius 2 is 2.00 bits per heavy atom. The molecule has 4 heteroatoms. The third kappa shape index (κ3) is 3.67. The van der Waals surface area contributed by atoms with E-state index in [1.54, 1.807) is 0 Å². The molecule has 0 aliphatic heterocycles. The summed E-state index contributed by atoms with van der Waals surface area (Å²) in [6.07, 6.45) is 6.51. The standard InChI is InChI=1S/C15H18ClN3/c1-12-9-15(14(10-16)11-18-12)19(2)8-5-13-3-6-17-7-4-13/h3-4,6-7,9,11H,5,8,10H2,1-2H3. The second kappa shape index (κ2) is 6.53. The number of hydrogen-bond acceptors (Lipinski definition) is 3. The number of rotatable bonds is 5. The fourth-order valence-electron chi connectivity index (χ4n) is 2.00. The molecule has 0 amide bonds. The molecule has 0 bridgehead atoms. The van der Waals surface area contributed by atoms with Gasteiger partial charge in [0.15, 0.2) is 0 Å². The van der Waals surface area contributed by atoms with Crippen LogP contribution in [-0.2, 0) is 12.3 Å². The van der Waals surface area contributed by atoms with Crippen LogP contribution in [0.3, 0.4) is 0 Å². The summed E-state index contributed by atoms with van der Waals surface area (Å²) in [5.74, 6) is 0.488. The average molecular weight is 276 g/mol. The van der Waals surface area contributed by atoms with Crippen LogP contribution in [0.25, 0.3) is 0 Å². The summed E-state index contributed by atoms with van der Waals surface area (Å²) in [7, 11) is 2.09. The molecule has 0 saturated heterocycles. The number of aryl methyl sites for hydroxylation is 1. The van der Waals surface area contributed by atoms with E-state index in [9.17, 15) is 0 Å². The number of hydrogen-bond donors (Lipinski definition) is 0. The van der Waals surface area contributed by atoms with Gasteiger partial charge in [-0.25, -0.2) is 0 Å². The van der Waals surface area contributed by atoms with Crippen molar-refractivity contribution in [1.29, 1.82) is 0 Å². The van der Waals surface area contributed by atoms with Crippen LogP contribution < -0.4 is 4.90 Å². The first-order valence-electron chi connectivity index (χ1n) is 6.32. The first-order valence-corrected chi connectivity index (χ1v) is 6.85. The normalized spacial score (nSPS) is 10.5. The highest BCUT2D eigenvalue weighted by Crippen LogP contribution is 2.21. The molecule has 0 N–H and O–H groups in total. The summed E-state index contributed by atoms with van der Waals surface area (Å²) in [5.41, 5.74) is 4.54. The van der Waals surface area contributed by atoms with Gasteiger partial charge in [-0.15, -0.1) is 11.6 Å². The number of halogens is 1. The lowest BCUT2D eigenvalue weighted by atomic mass is 10.1. The minimum atomic E-state index is 0.488. The van der Waals surface area contributed by atoms with E-state index in [4.69, 9.17) is 11.6 Å². The van der Waals surface area contributed by atoms with E-state index in [-0.39, 0.29) is 0 Å². The van der Waals surface area contributed by atoms with Crippen molar-refractivity contribution in [2.24, 2.45) is 0 Å². The van der Waals surface area contributed by atoms with E-state index in [0.29, 0.717) is 5.88 Å². The maximum absolute atomic E-state index is 5.97. The van der Waals surface area contributed by atoms with Crippen molar-refractivity contribution in [1.82, 2.24) is 9.97 Å². The predicted octanol–water partition coefficient (Wildman–Crippen LogP) is 3.20. The van der Waals surface area contributed by atoms with Crippen LogP contribution in [0.2, 0.25) is 0 Å². The molecule has 0 unspecified atom stereocenters. The van der Waals surface area contributed by atoms with Crippen molar-refractivity contribution >= 4 is 17.3 Å². The topological polar surface area (TPSA) is 29.0 Å². The molecule has 0 fully saturated rings. The van der Waals surface area contributed by atoms with Gasteiger partial charge in [-0.05, 0) is 37.1 Å². The molecule has 3 nitrogen and oxygen atoms in total. The van der Waals surface area contributed by atoms with Gasteiger partial charge in [0.1, 0.15) is 0 Å². The molecule has 0 atom stereocenters. The van der Waals surface area contributed by atoms with E-state index in [1.165, 1.54) is 5.56 Å². The van der Waals surface area contributed by atoms with Crippen molar-refractivity contribution in [3.8, 4) is 0 Å². The molecule has 2 aromatic rings. The highest BCUT2D eigenvalue weighted by Gasteiger charge is 2.08. The zero-order valence-electron chi connectivity index (χ0n) is 11.3. The largest absolute Gasteiger partial charge is 0.374 e. The van der Waals surface area contributed by atoms with Crippen molar-refractivity contribution in [2.45, 2.75) is 19.2 Å². The average Bonchev–Trinajstić information content (AvgIpc) is 2.46. The van der Waals surface area contributed by atoms with Crippen LogP contribution in [0.4, 0.5) is 5.69 Å². The summed E-state index contributed by atoms with van der Waals surface area (Å²) in [6.45, 7) is 2.94. The molecule has 0 radical (unpaired) electrons. The number of likely N-dealkylation sites (N-methyl/N-ethyl adjacent to an activating group) is 1. The summed E-state index contributed by atoms with van der Waals surface area (Å²) in [6, 6.07) is 6.19. The quantitative estimate of drug-likeness (QED) is 0.785. The second-order valence-electron chi connectivity index (χ2n) is 4.62. The smallest absolute Gasteiger partial charge is 0.0509 e. The second-order valence-corrected chi connectivity index (χ2v) is 4.88. The van der Waals surface area contributed by atoms with E-state index >= 15 is 0 Å². The molecule has 2 heterocycles. The van der Waals surface area contributed by atoms with Gasteiger partial charge in [0.05, 0.1) is 5.88 Å². The molecule has 19 heavy (non-hydrogen) atoms. The van der Waals surface area contributed by atoms with Crippen molar-refractivity contribution in [3.05, 3.63) is 53.6 Å². The maximum atomic E-state index is 5.97. The minimum Gasteiger partial charge on any atom is -0.374 e. The predicted molar refractivity (Wildman–Crippen MR) is 79.7 cm³/mol. The fraction of sp³-hybridized carbons (Fsp3) is 0.333. The van der Waals surface area contributed by atoms with Crippen LogP contribution in [0.5, 0.6) is 0 Å². The van der Waals surface area contributed by atoms with E-state index in [2.05, 4.69) is 28.0 Å². The SMILES string of the molecule is Cc1cc(N(C)CCc2ccncc2)c(CCl)cn1.